The van der Waals surface area contributed by atoms with Gasteiger partial charge in [0.1, 0.15) is 28.4 Å². The molecule has 2 N–H and O–H groups in total. The van der Waals surface area contributed by atoms with Crippen molar-refractivity contribution < 1.29 is 9.53 Å². The average molecular weight is 535 g/mol. The second-order valence-electron chi connectivity index (χ2n) is 9.26. The number of rotatable bonds is 7. The minimum Gasteiger partial charge on any atom is -0.484 e. The van der Waals surface area contributed by atoms with Crippen LogP contribution in [0.1, 0.15) is 39.4 Å². The molecule has 0 radical (unpaired) electrons. The number of pyridine rings is 1. The number of carbonyl (C=O) groups excluding carboxylic acids is 1. The van der Waals surface area contributed by atoms with Crippen LogP contribution >= 0.6 is 22.9 Å². The number of hydrogen-bond acceptors (Lipinski definition) is 7. The topological polar surface area (TPSA) is 99.9 Å². The van der Waals surface area contributed by atoms with Crippen molar-refractivity contribution in [1.82, 2.24) is 19.2 Å². The van der Waals surface area contributed by atoms with Crippen molar-refractivity contribution in [1.29, 1.82) is 5.26 Å². The Morgan fingerprint density at radius 1 is 1.24 bits per heavy atom. The smallest absolute Gasteiger partial charge is 0.262 e. The number of fused-ring (bicyclic) bond motifs is 1. The van der Waals surface area contributed by atoms with Crippen molar-refractivity contribution >= 4 is 34.5 Å². The van der Waals surface area contributed by atoms with Crippen molar-refractivity contribution in [2.75, 3.05) is 33.2 Å². The van der Waals surface area contributed by atoms with Crippen molar-refractivity contribution in [2.24, 2.45) is 5.73 Å². The molecule has 0 bridgehead atoms. The van der Waals surface area contributed by atoms with Gasteiger partial charge in [-0.1, -0.05) is 23.7 Å². The minimum atomic E-state index is -0.571. The van der Waals surface area contributed by atoms with E-state index in [-0.39, 0.29) is 0 Å². The fraction of sp³-hybridized carbons (Fsp3) is 0.296. The molecule has 190 valence electrons. The number of carbonyl (C=O) groups is 1. The van der Waals surface area contributed by atoms with Gasteiger partial charge in [0.05, 0.1) is 22.3 Å². The van der Waals surface area contributed by atoms with Crippen LogP contribution in [0.25, 0.3) is 16.2 Å². The number of nitriles is 1. The third-order valence-electron chi connectivity index (χ3n) is 6.62. The predicted octanol–water partition coefficient (Wildman–Crippen LogP) is 4.57. The number of amides is 1. The molecule has 8 nitrogen and oxygen atoms in total. The van der Waals surface area contributed by atoms with Gasteiger partial charge in [-0.2, -0.15) is 5.26 Å². The standard InChI is InChI=1S/C27H27ClN6O2S/c1-17(20-5-3-18(11-21(20)28)15-33-9-7-32(2)8-10-33)36-23-12-24(37-26(23)27(30)35)22-14-31-25-6-4-19(13-29)16-34(22)25/h3-6,11-12,14,16-17H,7-10,15H2,1-2H3,(H2,30,35). The van der Waals surface area contributed by atoms with E-state index in [2.05, 4.69) is 34.0 Å². The molecule has 0 spiro atoms. The number of aromatic nitrogens is 2. The molecule has 1 aliphatic heterocycles. The summed E-state index contributed by atoms with van der Waals surface area (Å²) in [5.41, 5.74) is 9.63. The highest BCUT2D eigenvalue weighted by molar-refractivity contribution is 7.17. The van der Waals surface area contributed by atoms with E-state index in [0.29, 0.717) is 26.9 Å². The summed E-state index contributed by atoms with van der Waals surface area (Å²) in [5, 5.41) is 9.90. The number of halogens is 1. The lowest BCUT2D eigenvalue weighted by Crippen LogP contribution is -2.43. The van der Waals surface area contributed by atoms with E-state index in [0.717, 1.165) is 54.4 Å². The molecule has 1 aromatic carbocycles. The van der Waals surface area contributed by atoms with Crippen LogP contribution in [0, 0.1) is 11.3 Å². The number of hydrogen-bond donors (Lipinski definition) is 1. The summed E-state index contributed by atoms with van der Waals surface area (Å²) in [5.74, 6) is -0.178. The molecule has 4 heterocycles. The first-order valence-electron chi connectivity index (χ1n) is 12.0. The Kier molecular flexibility index (Phi) is 7.17. The molecule has 1 unspecified atom stereocenters. The monoisotopic (exact) mass is 534 g/mol. The highest BCUT2D eigenvalue weighted by atomic mass is 35.5. The number of nitrogens with two attached hydrogens (primary N) is 1. The Balaban J connectivity index is 1.37. The van der Waals surface area contributed by atoms with Crippen LogP contribution in [0.15, 0.2) is 48.8 Å². The number of imidazole rings is 1. The molecule has 3 aromatic heterocycles. The summed E-state index contributed by atoms with van der Waals surface area (Å²) in [7, 11) is 2.15. The Morgan fingerprint density at radius 2 is 2.03 bits per heavy atom. The Labute approximate surface area is 224 Å². The number of ether oxygens (including phenoxy) is 1. The van der Waals surface area contributed by atoms with Gasteiger partial charge in [-0.15, -0.1) is 11.3 Å². The third-order valence-corrected chi connectivity index (χ3v) is 8.10. The molecule has 1 atom stereocenters. The van der Waals surface area contributed by atoms with Crippen molar-refractivity contribution in [2.45, 2.75) is 19.6 Å². The van der Waals surface area contributed by atoms with Gasteiger partial charge in [-0.25, -0.2) is 4.98 Å². The van der Waals surface area contributed by atoms with Gasteiger partial charge in [0.25, 0.3) is 5.91 Å². The summed E-state index contributed by atoms with van der Waals surface area (Å²) in [4.78, 5) is 22.5. The van der Waals surface area contributed by atoms with E-state index >= 15 is 0 Å². The van der Waals surface area contributed by atoms with Crippen molar-refractivity contribution in [3.8, 4) is 22.4 Å². The van der Waals surface area contributed by atoms with Gasteiger partial charge in [0, 0.05) is 55.6 Å². The summed E-state index contributed by atoms with van der Waals surface area (Å²) in [6, 6.07) is 13.5. The molecule has 37 heavy (non-hydrogen) atoms. The number of piperazine rings is 1. The first-order chi connectivity index (χ1) is 17.8. The fourth-order valence-corrected chi connectivity index (χ4v) is 5.81. The predicted molar refractivity (Wildman–Crippen MR) is 145 cm³/mol. The number of nitrogens with zero attached hydrogens (tertiary/aromatic N) is 5. The highest BCUT2D eigenvalue weighted by Gasteiger charge is 2.22. The lowest BCUT2D eigenvalue weighted by Gasteiger charge is -2.32. The molecule has 4 aromatic rings. The second-order valence-corrected chi connectivity index (χ2v) is 10.7. The lowest BCUT2D eigenvalue weighted by atomic mass is 10.1. The summed E-state index contributed by atoms with van der Waals surface area (Å²) in [6.07, 6.45) is 3.02. The first kappa shape index (κ1) is 25.2. The van der Waals surface area contributed by atoms with Crippen molar-refractivity contribution in [3.05, 3.63) is 75.4 Å². The minimum absolute atomic E-state index is 0.316. The van der Waals surface area contributed by atoms with Crippen LogP contribution < -0.4 is 10.5 Å². The van der Waals surface area contributed by atoms with E-state index in [1.807, 2.05) is 23.5 Å². The van der Waals surface area contributed by atoms with Crippen LogP contribution in [0.5, 0.6) is 5.75 Å². The van der Waals surface area contributed by atoms with Crippen LogP contribution in [-0.2, 0) is 6.54 Å². The maximum absolute atomic E-state index is 12.3. The number of likely N-dealkylation sites (N-methyl/N-ethyl adjacent to an activating group) is 1. The summed E-state index contributed by atoms with van der Waals surface area (Å²) < 4.78 is 8.06. The third kappa shape index (κ3) is 5.33. The Bertz CT molecular complexity index is 1500. The highest BCUT2D eigenvalue weighted by Crippen LogP contribution is 2.39. The van der Waals surface area contributed by atoms with E-state index in [1.54, 1.807) is 30.6 Å². The zero-order valence-electron chi connectivity index (χ0n) is 20.6. The van der Waals surface area contributed by atoms with E-state index in [1.165, 1.54) is 11.3 Å². The molecule has 1 aliphatic rings. The maximum Gasteiger partial charge on any atom is 0.262 e. The quantitative estimate of drug-likeness (QED) is 0.373. The van der Waals surface area contributed by atoms with Gasteiger partial charge in [-0.05, 0) is 37.7 Å². The van der Waals surface area contributed by atoms with Crippen LogP contribution in [-0.4, -0.2) is 58.3 Å². The normalized spacial score (nSPS) is 15.5. The zero-order valence-corrected chi connectivity index (χ0v) is 22.2. The molecule has 0 aliphatic carbocycles. The number of thiophene rings is 1. The second kappa shape index (κ2) is 10.5. The van der Waals surface area contributed by atoms with Crippen LogP contribution in [0.3, 0.4) is 0 Å². The van der Waals surface area contributed by atoms with Gasteiger partial charge < -0.3 is 15.4 Å². The molecule has 1 amide bonds. The molecule has 10 heteroatoms. The van der Waals surface area contributed by atoms with Crippen LogP contribution in [0.2, 0.25) is 5.02 Å². The van der Waals surface area contributed by atoms with E-state index < -0.39 is 12.0 Å². The van der Waals surface area contributed by atoms with E-state index in [9.17, 15) is 10.1 Å². The van der Waals surface area contributed by atoms with Crippen LogP contribution in [0.4, 0.5) is 0 Å². The molecule has 0 saturated carbocycles. The van der Waals surface area contributed by atoms with Gasteiger partial charge in [-0.3, -0.25) is 14.1 Å². The maximum atomic E-state index is 12.3. The largest absolute Gasteiger partial charge is 0.484 e. The molecular weight excluding hydrogens is 508 g/mol. The first-order valence-corrected chi connectivity index (χ1v) is 13.2. The van der Waals surface area contributed by atoms with Gasteiger partial charge >= 0.3 is 0 Å². The number of benzene rings is 1. The molecule has 1 saturated heterocycles. The van der Waals surface area contributed by atoms with Gasteiger partial charge in [0.15, 0.2) is 0 Å². The Hall–Kier alpha value is -3.42. The van der Waals surface area contributed by atoms with Crippen molar-refractivity contribution in [3.63, 3.8) is 0 Å². The lowest BCUT2D eigenvalue weighted by molar-refractivity contribution is 0.0998. The molecule has 1 fully saturated rings. The molecular formula is C27H27ClN6O2S. The SMILES string of the molecule is CC(Oc1cc(-c2cnc3ccc(C#N)cn23)sc1C(N)=O)c1ccc(CN2CCN(C)CC2)cc1Cl. The Morgan fingerprint density at radius 3 is 2.73 bits per heavy atom. The fourth-order valence-electron chi connectivity index (χ4n) is 4.51. The van der Waals surface area contributed by atoms with Gasteiger partial charge in [0.2, 0.25) is 0 Å². The summed E-state index contributed by atoms with van der Waals surface area (Å²) >= 11 is 7.91. The summed E-state index contributed by atoms with van der Waals surface area (Å²) in [6.45, 7) is 6.96. The zero-order chi connectivity index (χ0) is 26.1. The molecule has 5 rings (SSSR count). The average Bonchev–Trinajstić information content (AvgIpc) is 3.49. The van der Waals surface area contributed by atoms with E-state index in [4.69, 9.17) is 22.1 Å². The number of primary amides is 1.